The fraction of sp³-hybridized carbons (Fsp3) is 0.0323. The molecule has 0 spiro atoms. The average molecular weight is 408 g/mol. The third-order valence-corrected chi connectivity index (χ3v) is 6.82. The minimum atomic E-state index is 1.24. The Morgan fingerprint density at radius 3 is 2.03 bits per heavy atom. The molecule has 0 aliphatic carbocycles. The number of aromatic nitrogens is 1. The van der Waals surface area contributed by atoms with E-state index in [0.29, 0.717) is 0 Å². The lowest BCUT2D eigenvalue weighted by molar-refractivity contribution is 1.29. The van der Waals surface area contributed by atoms with Gasteiger partial charge in [0.1, 0.15) is 0 Å². The first-order valence-corrected chi connectivity index (χ1v) is 11.1. The quantitative estimate of drug-likeness (QED) is 0.190. The van der Waals surface area contributed by atoms with Crippen LogP contribution in [0.25, 0.3) is 60.0 Å². The van der Waals surface area contributed by atoms with E-state index in [1.54, 1.807) is 0 Å². The molecule has 0 aliphatic rings. The first-order chi connectivity index (χ1) is 15.8. The van der Waals surface area contributed by atoms with Gasteiger partial charge in [-0.1, -0.05) is 91.0 Å². The third-order valence-electron chi connectivity index (χ3n) is 6.82. The summed E-state index contributed by atoms with van der Waals surface area (Å²) >= 11 is 0. The van der Waals surface area contributed by atoms with Gasteiger partial charge in [0.25, 0.3) is 0 Å². The van der Waals surface area contributed by atoms with E-state index < -0.39 is 0 Å². The number of pyridine rings is 1. The van der Waals surface area contributed by atoms with Crippen LogP contribution in [0.15, 0.2) is 109 Å². The summed E-state index contributed by atoms with van der Waals surface area (Å²) in [6.07, 6.45) is 0. The molecule has 0 atom stereocenters. The number of benzene rings is 5. The maximum absolute atomic E-state index is 2.48. The molecule has 0 fully saturated rings. The van der Waals surface area contributed by atoms with Gasteiger partial charge >= 0.3 is 0 Å². The summed E-state index contributed by atoms with van der Waals surface area (Å²) < 4.78 is 2.48. The second-order valence-corrected chi connectivity index (χ2v) is 8.69. The Labute approximate surface area is 186 Å². The van der Waals surface area contributed by atoms with Gasteiger partial charge in [0.05, 0.1) is 16.7 Å². The molecular formula is C31H21N. The van der Waals surface area contributed by atoms with Crippen molar-refractivity contribution in [2.24, 2.45) is 0 Å². The zero-order valence-corrected chi connectivity index (χ0v) is 17.8. The Bertz CT molecular complexity index is 1820. The first-order valence-electron chi connectivity index (χ1n) is 11.1. The van der Waals surface area contributed by atoms with E-state index in [9.17, 15) is 0 Å². The van der Waals surface area contributed by atoms with Crippen molar-refractivity contribution in [3.8, 4) is 11.3 Å². The van der Waals surface area contributed by atoms with E-state index in [-0.39, 0.29) is 0 Å². The van der Waals surface area contributed by atoms with E-state index in [1.807, 2.05) is 0 Å². The van der Waals surface area contributed by atoms with E-state index >= 15 is 0 Å². The highest BCUT2D eigenvalue weighted by atomic mass is 14.9. The zero-order valence-electron chi connectivity index (χ0n) is 17.8. The molecule has 2 heterocycles. The summed E-state index contributed by atoms with van der Waals surface area (Å²) in [6.45, 7) is 2.24. The lowest BCUT2D eigenvalue weighted by Gasteiger charge is -2.15. The largest absolute Gasteiger partial charge is 0.308 e. The normalized spacial score (nSPS) is 11.9. The van der Waals surface area contributed by atoms with Crippen LogP contribution in [0, 0.1) is 6.92 Å². The molecule has 1 nitrogen and oxygen atoms in total. The van der Waals surface area contributed by atoms with E-state index in [2.05, 4.69) is 121 Å². The zero-order chi connectivity index (χ0) is 21.2. The van der Waals surface area contributed by atoms with Crippen LogP contribution in [0.2, 0.25) is 0 Å². The second-order valence-electron chi connectivity index (χ2n) is 8.69. The molecule has 7 aromatic rings. The molecule has 0 N–H and O–H groups in total. The van der Waals surface area contributed by atoms with Gasteiger partial charge in [-0.05, 0) is 57.8 Å². The molecule has 2 aromatic heterocycles. The van der Waals surface area contributed by atoms with Gasteiger partial charge in [-0.25, -0.2) is 0 Å². The van der Waals surface area contributed by atoms with Crippen molar-refractivity contribution in [2.75, 3.05) is 0 Å². The standard InChI is InChI=1S/C31H21N/c1-20-17-28(22-10-3-2-4-11-22)32-29-19-24-13-6-5-12-23(24)18-27(29)30-25-14-8-7-9-21(25)15-16-26(30)31(20)32/h2-19H,1H3. The van der Waals surface area contributed by atoms with Crippen molar-refractivity contribution in [1.29, 1.82) is 0 Å². The molecule has 0 unspecified atom stereocenters. The molecule has 0 bridgehead atoms. The summed E-state index contributed by atoms with van der Waals surface area (Å²) in [6, 6.07) is 39.8. The average Bonchev–Trinajstić information content (AvgIpc) is 3.20. The highest BCUT2D eigenvalue weighted by molar-refractivity contribution is 6.25. The fourth-order valence-electron chi connectivity index (χ4n) is 5.41. The van der Waals surface area contributed by atoms with Gasteiger partial charge in [-0.2, -0.15) is 0 Å². The molecule has 0 amide bonds. The number of rotatable bonds is 1. The molecule has 0 saturated carbocycles. The van der Waals surface area contributed by atoms with Crippen LogP contribution in [-0.2, 0) is 0 Å². The van der Waals surface area contributed by atoms with Crippen molar-refractivity contribution in [2.45, 2.75) is 6.92 Å². The van der Waals surface area contributed by atoms with Crippen molar-refractivity contribution in [3.05, 3.63) is 115 Å². The summed E-state index contributed by atoms with van der Waals surface area (Å²) in [7, 11) is 0. The third kappa shape index (κ3) is 2.34. The SMILES string of the molecule is Cc1cc(-c2ccccc2)n2c3cc4ccccc4cc3c3c4ccccc4ccc3c12. The van der Waals surface area contributed by atoms with Crippen molar-refractivity contribution < 1.29 is 0 Å². The van der Waals surface area contributed by atoms with Crippen LogP contribution in [0.1, 0.15) is 5.56 Å². The Hall–Kier alpha value is -4.10. The highest BCUT2D eigenvalue weighted by Gasteiger charge is 2.17. The van der Waals surface area contributed by atoms with Gasteiger partial charge in [0.15, 0.2) is 0 Å². The van der Waals surface area contributed by atoms with Crippen LogP contribution in [0.5, 0.6) is 0 Å². The molecule has 150 valence electrons. The molecule has 7 rings (SSSR count). The number of hydrogen-bond donors (Lipinski definition) is 0. The summed E-state index contributed by atoms with van der Waals surface area (Å²) in [5.41, 5.74) is 6.35. The van der Waals surface area contributed by atoms with E-state index in [1.165, 1.54) is 65.6 Å². The number of fused-ring (bicyclic) bond motifs is 9. The van der Waals surface area contributed by atoms with Crippen LogP contribution in [-0.4, -0.2) is 4.40 Å². The smallest absolute Gasteiger partial charge is 0.0570 e. The predicted molar refractivity (Wildman–Crippen MR) is 138 cm³/mol. The molecule has 0 aliphatic heterocycles. The van der Waals surface area contributed by atoms with Crippen LogP contribution in [0.3, 0.4) is 0 Å². The van der Waals surface area contributed by atoms with Gasteiger partial charge in [0, 0.05) is 16.2 Å². The molecule has 1 heteroatoms. The molecular weight excluding hydrogens is 386 g/mol. The Balaban J connectivity index is 1.82. The molecule has 0 saturated heterocycles. The lowest BCUT2D eigenvalue weighted by atomic mass is 9.96. The topological polar surface area (TPSA) is 4.41 Å². The van der Waals surface area contributed by atoms with Crippen LogP contribution in [0.4, 0.5) is 0 Å². The summed E-state index contributed by atoms with van der Waals surface area (Å²) in [4.78, 5) is 0. The van der Waals surface area contributed by atoms with Crippen molar-refractivity contribution in [3.63, 3.8) is 0 Å². The molecule has 0 radical (unpaired) electrons. The summed E-state index contributed by atoms with van der Waals surface area (Å²) in [5.74, 6) is 0. The number of aryl methyl sites for hydroxylation is 1. The van der Waals surface area contributed by atoms with Crippen molar-refractivity contribution >= 4 is 48.7 Å². The maximum Gasteiger partial charge on any atom is 0.0570 e. The minimum Gasteiger partial charge on any atom is -0.308 e. The Morgan fingerprint density at radius 1 is 0.531 bits per heavy atom. The van der Waals surface area contributed by atoms with Crippen LogP contribution < -0.4 is 0 Å². The van der Waals surface area contributed by atoms with Crippen molar-refractivity contribution in [1.82, 2.24) is 4.40 Å². The maximum atomic E-state index is 2.48. The number of nitrogens with zero attached hydrogens (tertiary/aromatic N) is 1. The van der Waals surface area contributed by atoms with Crippen LogP contribution >= 0.6 is 0 Å². The number of hydrogen-bond acceptors (Lipinski definition) is 0. The Morgan fingerprint density at radius 2 is 1.22 bits per heavy atom. The van der Waals surface area contributed by atoms with E-state index in [4.69, 9.17) is 0 Å². The molecule has 32 heavy (non-hydrogen) atoms. The monoisotopic (exact) mass is 407 g/mol. The minimum absolute atomic E-state index is 1.24. The summed E-state index contributed by atoms with van der Waals surface area (Å²) in [5, 5.41) is 9.10. The molecule has 5 aromatic carbocycles. The van der Waals surface area contributed by atoms with Gasteiger partial charge in [-0.15, -0.1) is 0 Å². The Kier molecular flexibility index (Phi) is 3.54. The lowest BCUT2D eigenvalue weighted by Crippen LogP contribution is -1.95. The van der Waals surface area contributed by atoms with Gasteiger partial charge in [-0.3, -0.25) is 0 Å². The highest BCUT2D eigenvalue weighted by Crippen LogP contribution is 2.40. The van der Waals surface area contributed by atoms with Gasteiger partial charge < -0.3 is 4.40 Å². The fourth-order valence-corrected chi connectivity index (χ4v) is 5.41. The predicted octanol–water partition coefficient (Wildman–Crippen LogP) is 8.53. The first kappa shape index (κ1) is 17.6. The van der Waals surface area contributed by atoms with E-state index in [0.717, 1.165) is 0 Å². The van der Waals surface area contributed by atoms with Gasteiger partial charge in [0.2, 0.25) is 0 Å². The second kappa shape index (κ2) is 6.45.